The molecule has 0 saturated carbocycles. The minimum absolute atomic E-state index is 0.0989. The molecule has 2 rings (SSSR count). The molecular weight excluding hydrogens is 383 g/mol. The van der Waals surface area contributed by atoms with Crippen molar-refractivity contribution >= 4 is 21.6 Å². The van der Waals surface area contributed by atoms with Crippen molar-refractivity contribution in [3.05, 3.63) is 41.1 Å². The third-order valence-corrected chi connectivity index (χ3v) is 6.08. The van der Waals surface area contributed by atoms with Gasteiger partial charge in [-0.3, -0.25) is 9.52 Å². The Kier molecular flexibility index (Phi) is 5.30. The molecule has 27 heavy (non-hydrogen) atoms. The number of benzene rings is 1. The van der Waals surface area contributed by atoms with E-state index in [1.807, 2.05) is 6.07 Å². The number of rotatable bonds is 4. The van der Waals surface area contributed by atoms with Crippen molar-refractivity contribution in [2.45, 2.75) is 38.1 Å². The van der Waals surface area contributed by atoms with Crippen molar-refractivity contribution < 1.29 is 26.4 Å². The Morgan fingerprint density at radius 2 is 1.85 bits per heavy atom. The van der Waals surface area contributed by atoms with Crippen LogP contribution in [0.1, 0.15) is 43.1 Å². The van der Waals surface area contributed by atoms with E-state index >= 15 is 0 Å². The zero-order valence-corrected chi connectivity index (χ0v) is 15.6. The van der Waals surface area contributed by atoms with Crippen LogP contribution in [0.15, 0.2) is 30.0 Å². The number of halogens is 3. The quantitative estimate of drug-likeness (QED) is 0.809. The summed E-state index contributed by atoms with van der Waals surface area (Å²) in [7, 11) is -3.88. The van der Waals surface area contributed by atoms with Gasteiger partial charge < -0.3 is 5.32 Å². The first kappa shape index (κ1) is 20.8. The molecule has 0 aliphatic heterocycles. The molecule has 1 atom stereocenters. The summed E-state index contributed by atoms with van der Waals surface area (Å²) in [4.78, 5) is 12.4. The fourth-order valence-electron chi connectivity index (χ4n) is 2.16. The number of nitrogens with zero attached hydrogens (tertiary/aromatic N) is 1. The molecule has 0 bridgehead atoms. The van der Waals surface area contributed by atoms with Gasteiger partial charge in [0.15, 0.2) is 0 Å². The number of sulfonamides is 1. The third-order valence-electron chi connectivity index (χ3n) is 3.98. The summed E-state index contributed by atoms with van der Waals surface area (Å²) >= 11 is 0. The number of nitriles is 1. The van der Waals surface area contributed by atoms with Crippen LogP contribution in [0.3, 0.4) is 0 Å². The van der Waals surface area contributed by atoms with Crippen LogP contribution in [0.5, 0.6) is 0 Å². The van der Waals surface area contributed by atoms with Gasteiger partial charge in [-0.15, -0.1) is 0 Å². The largest absolute Gasteiger partial charge is 0.395 e. The topological polar surface area (TPSA) is 99.1 Å². The molecule has 1 aliphatic rings. The highest BCUT2D eigenvalue weighted by molar-refractivity contribution is 7.94. The second-order valence-electron chi connectivity index (χ2n) is 7.09. The van der Waals surface area contributed by atoms with Crippen LogP contribution in [0.4, 0.5) is 18.9 Å². The first-order chi connectivity index (χ1) is 12.2. The van der Waals surface area contributed by atoms with E-state index in [0.717, 1.165) is 6.08 Å². The van der Waals surface area contributed by atoms with Gasteiger partial charge in [0, 0.05) is 12.1 Å². The molecule has 1 aliphatic carbocycles. The standard InChI is InChI=1S/C17H18F3N3O3S/c1-16(2,3)27(25,26)23-14-6-10(9-21)4-5-13(14)15(24)22-12-7-11(8-12)17(18,19)20/h4-7,11,23H,8H2,1-3H3,(H,22,24). The number of carbonyl (C=O) groups excluding carboxylic acids is 1. The number of alkyl halides is 3. The average molecular weight is 401 g/mol. The fraction of sp³-hybridized carbons (Fsp3) is 0.412. The molecular formula is C17H18F3N3O3S. The highest BCUT2D eigenvalue weighted by Crippen LogP contribution is 2.38. The highest BCUT2D eigenvalue weighted by atomic mass is 32.2. The lowest BCUT2D eigenvalue weighted by molar-refractivity contribution is -0.165. The summed E-state index contributed by atoms with van der Waals surface area (Å²) in [5, 5.41) is 11.3. The fourth-order valence-corrected chi connectivity index (χ4v) is 2.92. The molecule has 6 nitrogen and oxygen atoms in total. The highest BCUT2D eigenvalue weighted by Gasteiger charge is 2.43. The van der Waals surface area contributed by atoms with Gasteiger partial charge in [-0.25, -0.2) is 8.42 Å². The Hall–Kier alpha value is -2.54. The minimum atomic E-state index is -4.36. The van der Waals surface area contributed by atoms with Gasteiger partial charge in [-0.1, -0.05) is 6.08 Å². The predicted molar refractivity (Wildman–Crippen MR) is 93.2 cm³/mol. The van der Waals surface area contributed by atoms with Gasteiger partial charge in [0.25, 0.3) is 5.91 Å². The Morgan fingerprint density at radius 3 is 2.33 bits per heavy atom. The maximum atomic E-state index is 12.5. The molecule has 0 heterocycles. The van der Waals surface area contributed by atoms with Crippen LogP contribution >= 0.6 is 0 Å². The third kappa shape index (κ3) is 4.60. The second-order valence-corrected chi connectivity index (χ2v) is 9.52. The molecule has 1 aromatic carbocycles. The van der Waals surface area contributed by atoms with E-state index in [1.54, 1.807) is 0 Å². The summed E-state index contributed by atoms with van der Waals surface area (Å²) in [6.07, 6.45) is -3.81. The molecule has 1 aromatic rings. The summed E-state index contributed by atoms with van der Waals surface area (Å²) < 4.78 is 63.4. The number of allylic oxidation sites excluding steroid dienone is 2. The molecule has 1 amide bonds. The van der Waals surface area contributed by atoms with E-state index in [4.69, 9.17) is 5.26 Å². The number of hydrogen-bond donors (Lipinski definition) is 2. The maximum absolute atomic E-state index is 12.5. The van der Waals surface area contributed by atoms with Crippen molar-refractivity contribution in [3.63, 3.8) is 0 Å². The van der Waals surface area contributed by atoms with Gasteiger partial charge >= 0.3 is 6.18 Å². The van der Waals surface area contributed by atoms with Crippen LogP contribution in [0.25, 0.3) is 0 Å². The van der Waals surface area contributed by atoms with E-state index in [0.29, 0.717) is 0 Å². The van der Waals surface area contributed by atoms with Crippen LogP contribution < -0.4 is 10.0 Å². The van der Waals surface area contributed by atoms with Crippen LogP contribution in [0, 0.1) is 17.2 Å². The molecule has 146 valence electrons. The molecule has 2 N–H and O–H groups in total. The van der Waals surface area contributed by atoms with E-state index in [2.05, 4.69) is 10.0 Å². The Labute approximate surface area is 155 Å². The normalized spacial score (nSPS) is 17.4. The number of anilines is 1. The molecule has 0 aromatic heterocycles. The van der Waals surface area contributed by atoms with Gasteiger partial charge in [0.1, 0.15) is 0 Å². The van der Waals surface area contributed by atoms with E-state index in [-0.39, 0.29) is 28.9 Å². The van der Waals surface area contributed by atoms with Gasteiger partial charge in [-0.2, -0.15) is 18.4 Å². The SMILES string of the molecule is CC(C)(C)S(=O)(=O)Nc1cc(C#N)ccc1C(=O)NC1=CC(C(F)(F)F)C1. The van der Waals surface area contributed by atoms with E-state index < -0.39 is 32.8 Å². The van der Waals surface area contributed by atoms with Gasteiger partial charge in [-0.05, 0) is 39.0 Å². The van der Waals surface area contributed by atoms with Crippen molar-refractivity contribution in [1.29, 1.82) is 5.26 Å². The number of amides is 1. The van der Waals surface area contributed by atoms with Crippen molar-refractivity contribution in [2.24, 2.45) is 5.92 Å². The first-order valence-corrected chi connectivity index (χ1v) is 9.38. The van der Waals surface area contributed by atoms with Crippen molar-refractivity contribution in [2.75, 3.05) is 4.72 Å². The maximum Gasteiger partial charge on any atom is 0.395 e. The summed E-state index contributed by atoms with van der Waals surface area (Å²) in [5.41, 5.74) is 0.0152. The molecule has 0 radical (unpaired) electrons. The molecule has 1 unspecified atom stereocenters. The molecule has 0 saturated heterocycles. The van der Waals surface area contributed by atoms with Crippen molar-refractivity contribution in [1.82, 2.24) is 5.32 Å². The zero-order chi connectivity index (χ0) is 20.6. The lowest BCUT2D eigenvalue weighted by atomic mass is 9.90. The average Bonchev–Trinajstić information content (AvgIpc) is 2.47. The lowest BCUT2D eigenvalue weighted by Crippen LogP contribution is -2.36. The van der Waals surface area contributed by atoms with E-state index in [1.165, 1.54) is 39.0 Å². The molecule has 0 spiro atoms. The van der Waals surface area contributed by atoms with Crippen LogP contribution in [-0.4, -0.2) is 25.2 Å². The minimum Gasteiger partial charge on any atom is -0.326 e. The lowest BCUT2D eigenvalue weighted by Gasteiger charge is -2.28. The van der Waals surface area contributed by atoms with Crippen LogP contribution in [-0.2, 0) is 10.0 Å². The van der Waals surface area contributed by atoms with Gasteiger partial charge in [0.2, 0.25) is 10.0 Å². The summed E-state index contributed by atoms with van der Waals surface area (Å²) in [6, 6.07) is 5.60. The van der Waals surface area contributed by atoms with Crippen molar-refractivity contribution in [3.8, 4) is 6.07 Å². The summed E-state index contributed by atoms with van der Waals surface area (Å²) in [6.45, 7) is 4.37. The molecule has 10 heteroatoms. The monoisotopic (exact) mass is 401 g/mol. The van der Waals surface area contributed by atoms with Gasteiger partial charge in [0.05, 0.1) is 33.5 Å². The summed E-state index contributed by atoms with van der Waals surface area (Å²) in [5.74, 6) is -2.37. The van der Waals surface area contributed by atoms with E-state index in [9.17, 15) is 26.4 Å². The molecule has 0 fully saturated rings. The number of nitrogens with one attached hydrogen (secondary N) is 2. The number of carbonyl (C=O) groups is 1. The Balaban J connectivity index is 2.30. The Bertz CT molecular complexity index is 939. The number of hydrogen-bond acceptors (Lipinski definition) is 4. The predicted octanol–water partition coefficient (Wildman–Crippen LogP) is 3.29. The Morgan fingerprint density at radius 1 is 1.26 bits per heavy atom. The smallest absolute Gasteiger partial charge is 0.326 e. The second kappa shape index (κ2) is 6.88. The zero-order valence-electron chi connectivity index (χ0n) is 14.8. The van der Waals surface area contributed by atoms with Crippen LogP contribution in [0.2, 0.25) is 0 Å². The first-order valence-electron chi connectivity index (χ1n) is 7.90.